The van der Waals surface area contributed by atoms with Crippen molar-refractivity contribution in [1.82, 2.24) is 15.1 Å². The smallest absolute Gasteiger partial charge is 0.0968 e. The highest BCUT2D eigenvalue weighted by molar-refractivity contribution is 5.61. The molecule has 18 heavy (non-hydrogen) atoms. The summed E-state index contributed by atoms with van der Waals surface area (Å²) in [7, 11) is 1.80. The molecule has 0 bridgehead atoms. The molecule has 0 saturated carbocycles. The van der Waals surface area contributed by atoms with Crippen molar-refractivity contribution in [2.45, 2.75) is 19.0 Å². The van der Waals surface area contributed by atoms with Gasteiger partial charge in [0.05, 0.1) is 18.3 Å². The molecule has 0 amide bonds. The van der Waals surface area contributed by atoms with Gasteiger partial charge in [-0.2, -0.15) is 10.4 Å². The van der Waals surface area contributed by atoms with Crippen molar-refractivity contribution in [3.8, 4) is 17.2 Å². The lowest BCUT2D eigenvalue weighted by atomic mass is 10.1. The van der Waals surface area contributed by atoms with Gasteiger partial charge in [-0.25, -0.2) is 0 Å². The molecule has 1 unspecified atom stereocenters. The Balaban J connectivity index is 2.01. The van der Waals surface area contributed by atoms with Crippen LogP contribution >= 0.6 is 0 Å². The molecule has 2 rings (SSSR count). The van der Waals surface area contributed by atoms with E-state index in [1.165, 1.54) is 0 Å². The van der Waals surface area contributed by atoms with Crippen molar-refractivity contribution in [2.24, 2.45) is 0 Å². The zero-order valence-corrected chi connectivity index (χ0v) is 10.4. The first-order valence-corrected chi connectivity index (χ1v) is 5.98. The molecule has 1 atom stereocenters. The third-order valence-corrected chi connectivity index (χ3v) is 2.89. The normalized spacial score (nSPS) is 12.0. The monoisotopic (exact) mass is 240 g/mol. The number of rotatable bonds is 5. The third-order valence-electron chi connectivity index (χ3n) is 2.89. The minimum atomic E-state index is -0.116. The topological polar surface area (TPSA) is 53.6 Å². The fraction of sp³-hybridized carbons (Fsp3) is 0.286. The summed E-state index contributed by atoms with van der Waals surface area (Å²) >= 11 is 0. The van der Waals surface area contributed by atoms with Crippen LogP contribution in [0.3, 0.4) is 0 Å². The molecule has 0 aliphatic carbocycles. The van der Waals surface area contributed by atoms with E-state index in [2.05, 4.69) is 28.6 Å². The van der Waals surface area contributed by atoms with Gasteiger partial charge in [-0.15, -0.1) is 0 Å². The zero-order chi connectivity index (χ0) is 12.8. The molecule has 1 heterocycles. The summed E-state index contributed by atoms with van der Waals surface area (Å²) in [6.45, 7) is 0.742. The van der Waals surface area contributed by atoms with Crippen LogP contribution in [0, 0.1) is 11.3 Å². The Bertz CT molecular complexity index is 524. The van der Waals surface area contributed by atoms with E-state index in [9.17, 15) is 0 Å². The molecule has 2 aromatic rings. The second-order valence-electron chi connectivity index (χ2n) is 4.12. The van der Waals surface area contributed by atoms with Crippen LogP contribution in [0.15, 0.2) is 42.7 Å². The average Bonchev–Trinajstić information content (AvgIpc) is 2.90. The zero-order valence-electron chi connectivity index (χ0n) is 10.4. The van der Waals surface area contributed by atoms with E-state index in [1.54, 1.807) is 7.05 Å². The van der Waals surface area contributed by atoms with Gasteiger partial charge < -0.3 is 5.32 Å². The van der Waals surface area contributed by atoms with Crippen molar-refractivity contribution in [2.75, 3.05) is 7.05 Å². The van der Waals surface area contributed by atoms with Crippen molar-refractivity contribution in [3.05, 3.63) is 42.7 Å². The molecule has 0 radical (unpaired) electrons. The number of nitrogens with one attached hydrogen (secondary N) is 1. The van der Waals surface area contributed by atoms with E-state index in [1.807, 2.05) is 35.3 Å². The average molecular weight is 240 g/mol. The van der Waals surface area contributed by atoms with Gasteiger partial charge in [0.1, 0.15) is 0 Å². The summed E-state index contributed by atoms with van der Waals surface area (Å²) in [4.78, 5) is 0. The molecule has 0 fully saturated rings. The Kier molecular flexibility index (Phi) is 4.11. The van der Waals surface area contributed by atoms with Gasteiger partial charge in [-0.3, -0.25) is 4.68 Å². The van der Waals surface area contributed by atoms with Crippen molar-refractivity contribution < 1.29 is 0 Å². The van der Waals surface area contributed by atoms with Crippen LogP contribution in [0.1, 0.15) is 6.42 Å². The first-order chi connectivity index (χ1) is 8.83. The lowest BCUT2D eigenvalue weighted by molar-refractivity contribution is 0.518. The van der Waals surface area contributed by atoms with E-state index in [-0.39, 0.29) is 6.04 Å². The number of nitriles is 1. The largest absolute Gasteiger partial charge is 0.305 e. The fourth-order valence-corrected chi connectivity index (χ4v) is 1.80. The van der Waals surface area contributed by atoms with E-state index in [0.29, 0.717) is 0 Å². The molecule has 4 heteroatoms. The van der Waals surface area contributed by atoms with Gasteiger partial charge in [-0.1, -0.05) is 30.3 Å². The van der Waals surface area contributed by atoms with Gasteiger partial charge in [0.2, 0.25) is 0 Å². The molecular formula is C14H16N4. The van der Waals surface area contributed by atoms with Crippen molar-refractivity contribution >= 4 is 0 Å². The van der Waals surface area contributed by atoms with E-state index in [4.69, 9.17) is 5.26 Å². The molecule has 0 aliphatic rings. The van der Waals surface area contributed by atoms with Crippen molar-refractivity contribution in [1.29, 1.82) is 5.26 Å². The van der Waals surface area contributed by atoms with E-state index < -0.39 is 0 Å². The number of benzene rings is 1. The lowest BCUT2D eigenvalue weighted by Crippen LogP contribution is -2.24. The maximum absolute atomic E-state index is 8.85. The number of aryl methyl sites for hydroxylation is 1. The van der Waals surface area contributed by atoms with Crippen molar-refractivity contribution in [3.63, 3.8) is 0 Å². The SMILES string of the molecule is CNC(C#N)CCn1cc(-c2ccccc2)cn1. The fourth-order valence-electron chi connectivity index (χ4n) is 1.80. The number of hydrogen-bond donors (Lipinski definition) is 1. The molecule has 1 N–H and O–H groups in total. The molecule has 0 spiro atoms. The van der Waals surface area contributed by atoms with Gasteiger partial charge in [0, 0.05) is 18.3 Å². The molecular weight excluding hydrogens is 224 g/mol. The van der Waals surface area contributed by atoms with Crippen LogP contribution in [-0.2, 0) is 6.54 Å². The van der Waals surface area contributed by atoms with Crippen LogP contribution in [-0.4, -0.2) is 22.9 Å². The Morgan fingerprint density at radius 3 is 2.78 bits per heavy atom. The van der Waals surface area contributed by atoms with Gasteiger partial charge in [-0.05, 0) is 19.0 Å². The predicted octanol–water partition coefficient (Wildman–Crippen LogP) is 2.05. The van der Waals surface area contributed by atoms with Crippen LogP contribution in [0.4, 0.5) is 0 Å². The maximum atomic E-state index is 8.85. The van der Waals surface area contributed by atoms with Gasteiger partial charge in [0.15, 0.2) is 0 Å². The molecule has 1 aromatic heterocycles. The molecule has 0 aliphatic heterocycles. The molecule has 4 nitrogen and oxygen atoms in total. The first-order valence-electron chi connectivity index (χ1n) is 5.98. The van der Waals surface area contributed by atoms with Crippen LogP contribution < -0.4 is 5.32 Å². The van der Waals surface area contributed by atoms with E-state index >= 15 is 0 Å². The second kappa shape index (κ2) is 5.99. The third kappa shape index (κ3) is 2.96. The van der Waals surface area contributed by atoms with Crippen LogP contribution in [0.2, 0.25) is 0 Å². The minimum absolute atomic E-state index is 0.116. The first kappa shape index (κ1) is 12.3. The number of nitrogens with zero attached hydrogens (tertiary/aromatic N) is 3. The highest BCUT2D eigenvalue weighted by Crippen LogP contribution is 2.17. The summed E-state index contributed by atoms with van der Waals surface area (Å²) < 4.78 is 1.88. The summed E-state index contributed by atoms with van der Waals surface area (Å²) in [5.74, 6) is 0. The predicted molar refractivity (Wildman–Crippen MR) is 70.7 cm³/mol. The summed E-state index contributed by atoms with van der Waals surface area (Å²) in [6.07, 6.45) is 4.62. The molecule has 92 valence electrons. The maximum Gasteiger partial charge on any atom is 0.0968 e. The Morgan fingerprint density at radius 2 is 2.11 bits per heavy atom. The Labute approximate surface area is 107 Å². The van der Waals surface area contributed by atoms with Crippen LogP contribution in [0.5, 0.6) is 0 Å². The molecule has 0 saturated heterocycles. The van der Waals surface area contributed by atoms with Gasteiger partial charge in [0.25, 0.3) is 0 Å². The lowest BCUT2D eigenvalue weighted by Gasteiger charge is -2.06. The number of aromatic nitrogens is 2. The summed E-state index contributed by atoms with van der Waals surface area (Å²) in [5.41, 5.74) is 2.27. The van der Waals surface area contributed by atoms with Gasteiger partial charge >= 0.3 is 0 Å². The Hall–Kier alpha value is -2.12. The number of hydrogen-bond acceptors (Lipinski definition) is 3. The van der Waals surface area contributed by atoms with Crippen LogP contribution in [0.25, 0.3) is 11.1 Å². The summed E-state index contributed by atoms with van der Waals surface area (Å²) in [5, 5.41) is 16.1. The molecule has 1 aromatic carbocycles. The highest BCUT2D eigenvalue weighted by Gasteiger charge is 2.05. The standard InChI is InChI=1S/C14H16N4/c1-16-14(9-15)7-8-18-11-13(10-17-18)12-5-3-2-4-6-12/h2-6,10-11,14,16H,7-8H2,1H3. The summed E-state index contributed by atoms with van der Waals surface area (Å²) in [6, 6.07) is 12.2. The minimum Gasteiger partial charge on any atom is -0.305 e. The Morgan fingerprint density at radius 1 is 1.33 bits per heavy atom. The highest BCUT2D eigenvalue weighted by atomic mass is 15.3. The van der Waals surface area contributed by atoms with E-state index in [0.717, 1.165) is 24.1 Å². The quantitative estimate of drug-likeness (QED) is 0.870. The second-order valence-corrected chi connectivity index (χ2v) is 4.12.